The van der Waals surface area contributed by atoms with E-state index in [0.717, 1.165) is 25.6 Å². The van der Waals surface area contributed by atoms with Gasteiger partial charge in [0, 0.05) is 19.6 Å². The summed E-state index contributed by atoms with van der Waals surface area (Å²) in [4.78, 5) is 12.7. The molecule has 0 radical (unpaired) electrons. The predicted octanol–water partition coefficient (Wildman–Crippen LogP) is 0.803. The molecule has 3 heteroatoms. The molecule has 1 aliphatic carbocycles. The maximum Gasteiger partial charge on any atom is 0.309 e. The second-order valence-corrected chi connectivity index (χ2v) is 4.05. The van der Waals surface area contributed by atoms with Crippen molar-refractivity contribution in [2.45, 2.75) is 19.3 Å². The summed E-state index contributed by atoms with van der Waals surface area (Å²) < 4.78 is 0. The molecule has 1 heterocycles. The van der Waals surface area contributed by atoms with E-state index in [1.807, 2.05) is 0 Å². The fraction of sp³-hybridized carbons (Fsp3) is 0.889. The second-order valence-electron chi connectivity index (χ2n) is 4.05. The van der Waals surface area contributed by atoms with Gasteiger partial charge in [0.05, 0.1) is 5.92 Å². The molecule has 0 bridgehead atoms. The van der Waals surface area contributed by atoms with Crippen LogP contribution in [0.4, 0.5) is 0 Å². The number of nitrogens with zero attached hydrogens (tertiary/aromatic N) is 1. The lowest BCUT2D eigenvalue weighted by atomic mass is 9.84. The average Bonchev–Trinajstić information content (AvgIpc) is 1.79. The van der Waals surface area contributed by atoms with E-state index in [0.29, 0.717) is 0 Å². The van der Waals surface area contributed by atoms with Crippen molar-refractivity contribution in [3.8, 4) is 0 Å². The molecule has 0 aromatic carbocycles. The van der Waals surface area contributed by atoms with Crippen molar-refractivity contribution >= 4 is 5.97 Å². The van der Waals surface area contributed by atoms with Gasteiger partial charge >= 0.3 is 5.97 Å². The van der Waals surface area contributed by atoms with E-state index in [4.69, 9.17) is 5.11 Å². The minimum atomic E-state index is -0.625. The second kappa shape index (κ2) is 3.05. The predicted molar refractivity (Wildman–Crippen MR) is 44.9 cm³/mol. The van der Waals surface area contributed by atoms with Crippen LogP contribution < -0.4 is 0 Å². The number of hydrogen-bond donors (Lipinski definition) is 1. The molecule has 1 N–H and O–H groups in total. The lowest BCUT2D eigenvalue weighted by Crippen LogP contribution is -2.52. The zero-order valence-corrected chi connectivity index (χ0v) is 7.20. The first-order chi connectivity index (χ1) is 5.75. The Morgan fingerprint density at radius 3 is 2.50 bits per heavy atom. The van der Waals surface area contributed by atoms with Crippen molar-refractivity contribution in [2.24, 2.45) is 11.8 Å². The van der Waals surface area contributed by atoms with Gasteiger partial charge in [-0.1, -0.05) is 6.42 Å². The zero-order valence-electron chi connectivity index (χ0n) is 7.20. The Balaban J connectivity index is 1.64. The van der Waals surface area contributed by atoms with Gasteiger partial charge in [-0.05, 0) is 18.8 Å². The Bertz CT molecular complexity index is 183. The van der Waals surface area contributed by atoms with Crippen LogP contribution in [-0.4, -0.2) is 35.6 Å². The fourth-order valence-electron chi connectivity index (χ4n) is 1.92. The van der Waals surface area contributed by atoms with Gasteiger partial charge in [0.25, 0.3) is 0 Å². The molecule has 2 rings (SSSR count). The van der Waals surface area contributed by atoms with Crippen molar-refractivity contribution in [1.29, 1.82) is 0 Å². The molecule has 0 amide bonds. The maximum atomic E-state index is 10.5. The third-order valence-corrected chi connectivity index (χ3v) is 3.05. The molecule has 0 aromatic rings. The summed E-state index contributed by atoms with van der Waals surface area (Å²) in [6.07, 6.45) is 4.09. The summed E-state index contributed by atoms with van der Waals surface area (Å²) in [5.41, 5.74) is 0. The number of carbonyl (C=O) groups is 1. The van der Waals surface area contributed by atoms with E-state index in [1.54, 1.807) is 0 Å². The van der Waals surface area contributed by atoms with Crippen molar-refractivity contribution < 1.29 is 9.90 Å². The minimum absolute atomic E-state index is 0.0786. The van der Waals surface area contributed by atoms with Gasteiger partial charge in [-0.3, -0.25) is 4.79 Å². The number of aliphatic carboxylic acids is 1. The molecule has 1 aliphatic heterocycles. The highest BCUT2D eigenvalue weighted by atomic mass is 16.4. The molecule has 0 atom stereocenters. The normalized spacial score (nSPS) is 26.3. The molecule has 1 saturated heterocycles. The molecule has 68 valence electrons. The van der Waals surface area contributed by atoms with Crippen LogP contribution in [0.15, 0.2) is 0 Å². The van der Waals surface area contributed by atoms with Crippen molar-refractivity contribution in [3.63, 3.8) is 0 Å². The third kappa shape index (κ3) is 1.46. The zero-order chi connectivity index (χ0) is 8.55. The van der Waals surface area contributed by atoms with E-state index < -0.39 is 5.97 Å². The SMILES string of the molecule is O=C(O)C1CN(CC2CCC2)C1. The number of rotatable bonds is 3. The summed E-state index contributed by atoms with van der Waals surface area (Å²) in [6.45, 7) is 2.71. The topological polar surface area (TPSA) is 40.5 Å². The van der Waals surface area contributed by atoms with E-state index in [1.165, 1.54) is 19.3 Å². The van der Waals surface area contributed by atoms with Gasteiger partial charge in [0.2, 0.25) is 0 Å². The number of carboxylic acids is 1. The van der Waals surface area contributed by atoms with Crippen molar-refractivity contribution in [1.82, 2.24) is 4.90 Å². The van der Waals surface area contributed by atoms with Crippen LogP contribution in [0.5, 0.6) is 0 Å². The molecule has 0 spiro atoms. The summed E-state index contributed by atoms with van der Waals surface area (Å²) >= 11 is 0. The Hall–Kier alpha value is -0.570. The highest BCUT2D eigenvalue weighted by Gasteiger charge is 2.34. The smallest absolute Gasteiger partial charge is 0.309 e. The average molecular weight is 169 g/mol. The number of likely N-dealkylation sites (tertiary alicyclic amines) is 1. The number of hydrogen-bond acceptors (Lipinski definition) is 2. The van der Waals surface area contributed by atoms with Crippen LogP contribution in [0, 0.1) is 11.8 Å². The molecule has 2 fully saturated rings. The summed E-state index contributed by atoms with van der Waals surface area (Å²) in [5.74, 6) is 0.171. The molecule has 3 nitrogen and oxygen atoms in total. The largest absolute Gasteiger partial charge is 0.481 e. The van der Waals surface area contributed by atoms with Crippen LogP contribution in [0.25, 0.3) is 0 Å². The molecular formula is C9H15NO2. The van der Waals surface area contributed by atoms with Crippen LogP contribution in [0.3, 0.4) is 0 Å². The van der Waals surface area contributed by atoms with Crippen molar-refractivity contribution in [2.75, 3.05) is 19.6 Å². The summed E-state index contributed by atoms with van der Waals surface area (Å²) in [5, 5.41) is 8.63. The Labute approximate surface area is 72.4 Å². The number of carboxylic acid groups (broad SMARTS) is 1. The first kappa shape index (κ1) is 8.05. The van der Waals surface area contributed by atoms with E-state index in [-0.39, 0.29) is 5.92 Å². The molecular weight excluding hydrogens is 154 g/mol. The first-order valence-electron chi connectivity index (χ1n) is 4.71. The van der Waals surface area contributed by atoms with Gasteiger partial charge in [0.1, 0.15) is 0 Å². The maximum absolute atomic E-state index is 10.5. The lowest BCUT2D eigenvalue weighted by molar-refractivity contribution is -0.148. The Morgan fingerprint density at radius 2 is 2.08 bits per heavy atom. The minimum Gasteiger partial charge on any atom is -0.481 e. The van der Waals surface area contributed by atoms with Crippen LogP contribution in [0.1, 0.15) is 19.3 Å². The quantitative estimate of drug-likeness (QED) is 0.679. The standard InChI is InChI=1S/C9H15NO2/c11-9(12)8-5-10(6-8)4-7-2-1-3-7/h7-8H,1-6H2,(H,11,12). The molecule has 1 saturated carbocycles. The van der Waals surface area contributed by atoms with Gasteiger partial charge in [0.15, 0.2) is 0 Å². The summed E-state index contributed by atoms with van der Waals surface area (Å²) in [6, 6.07) is 0. The van der Waals surface area contributed by atoms with Crippen LogP contribution >= 0.6 is 0 Å². The molecule has 2 aliphatic rings. The molecule has 0 aromatic heterocycles. The van der Waals surface area contributed by atoms with Gasteiger partial charge in [-0.25, -0.2) is 0 Å². The van der Waals surface area contributed by atoms with Gasteiger partial charge in [-0.15, -0.1) is 0 Å². The van der Waals surface area contributed by atoms with E-state index >= 15 is 0 Å². The Kier molecular flexibility index (Phi) is 2.05. The monoisotopic (exact) mass is 169 g/mol. The van der Waals surface area contributed by atoms with E-state index in [9.17, 15) is 4.79 Å². The van der Waals surface area contributed by atoms with Gasteiger partial charge in [-0.2, -0.15) is 0 Å². The molecule has 12 heavy (non-hydrogen) atoms. The van der Waals surface area contributed by atoms with E-state index in [2.05, 4.69) is 4.90 Å². The lowest BCUT2D eigenvalue weighted by Gasteiger charge is -2.41. The van der Waals surface area contributed by atoms with Gasteiger partial charge < -0.3 is 10.0 Å². The summed E-state index contributed by atoms with van der Waals surface area (Å²) in [7, 11) is 0. The highest BCUT2D eigenvalue weighted by molar-refractivity contribution is 5.71. The fourth-order valence-corrected chi connectivity index (χ4v) is 1.92. The van der Waals surface area contributed by atoms with Crippen molar-refractivity contribution in [3.05, 3.63) is 0 Å². The Morgan fingerprint density at radius 1 is 1.42 bits per heavy atom. The van der Waals surface area contributed by atoms with Crippen LogP contribution in [0.2, 0.25) is 0 Å². The van der Waals surface area contributed by atoms with Crippen LogP contribution in [-0.2, 0) is 4.79 Å². The third-order valence-electron chi connectivity index (χ3n) is 3.05. The first-order valence-corrected chi connectivity index (χ1v) is 4.71. The highest BCUT2D eigenvalue weighted by Crippen LogP contribution is 2.29. The molecule has 0 unspecified atom stereocenters.